The zero-order chi connectivity index (χ0) is 25.2. The fourth-order valence-electron chi connectivity index (χ4n) is 4.04. The molecule has 0 amide bonds. The van der Waals surface area contributed by atoms with Crippen molar-refractivity contribution in [2.75, 3.05) is 43.6 Å². The number of ether oxygens (including phenoxy) is 2. The van der Waals surface area contributed by atoms with Gasteiger partial charge in [0, 0.05) is 42.5 Å². The highest BCUT2D eigenvalue weighted by Gasteiger charge is 2.27. The van der Waals surface area contributed by atoms with Crippen molar-refractivity contribution in [2.24, 2.45) is 0 Å². The Morgan fingerprint density at radius 1 is 1.22 bits per heavy atom. The number of hydrogen-bond acceptors (Lipinski definition) is 10. The Labute approximate surface area is 203 Å². The summed E-state index contributed by atoms with van der Waals surface area (Å²) in [6.45, 7) is 1.80. The van der Waals surface area contributed by atoms with Gasteiger partial charge in [0.1, 0.15) is 17.3 Å². The molecular formula is C23H20FN7O5. The second-order valence-electron chi connectivity index (χ2n) is 7.84. The SMILES string of the molecule is COc1nc(N2CCOCC2)c([N+](=O)[O-])cc1Nc1nccc(-n2cc(C=O)c3ccc(F)cc32)n1. The minimum atomic E-state index is -0.513. The Hall–Kier alpha value is -4.65. The maximum absolute atomic E-state index is 13.9. The van der Waals surface area contributed by atoms with Gasteiger partial charge >= 0.3 is 5.69 Å². The first-order valence-electron chi connectivity index (χ1n) is 10.9. The van der Waals surface area contributed by atoms with Crippen molar-refractivity contribution in [1.82, 2.24) is 19.5 Å². The molecule has 36 heavy (non-hydrogen) atoms. The molecule has 0 spiro atoms. The first-order valence-corrected chi connectivity index (χ1v) is 10.9. The minimum absolute atomic E-state index is 0.0897. The number of methoxy groups -OCH3 is 1. The van der Waals surface area contributed by atoms with Gasteiger partial charge in [-0.15, -0.1) is 0 Å². The number of nitrogens with zero attached hydrogens (tertiary/aromatic N) is 6. The second kappa shape index (κ2) is 9.54. The molecule has 0 saturated carbocycles. The van der Waals surface area contributed by atoms with E-state index in [2.05, 4.69) is 20.3 Å². The molecule has 5 rings (SSSR count). The van der Waals surface area contributed by atoms with E-state index < -0.39 is 10.7 Å². The third kappa shape index (κ3) is 4.27. The average molecular weight is 493 g/mol. The lowest BCUT2D eigenvalue weighted by Gasteiger charge is -2.27. The van der Waals surface area contributed by atoms with Crippen LogP contribution in [-0.2, 0) is 4.74 Å². The highest BCUT2D eigenvalue weighted by atomic mass is 19.1. The molecule has 4 aromatic rings. The summed E-state index contributed by atoms with van der Waals surface area (Å²) < 4.78 is 26.2. The monoisotopic (exact) mass is 493 g/mol. The number of anilines is 3. The van der Waals surface area contributed by atoms with Gasteiger partial charge in [0.15, 0.2) is 6.29 Å². The molecule has 3 aromatic heterocycles. The zero-order valence-corrected chi connectivity index (χ0v) is 19.0. The standard InChI is InChI=1S/C23H20FN7O5/c1-35-22-17(11-19(31(33)34)21(28-22)29-6-8-36-9-7-29)26-23-25-5-4-20(27-23)30-12-14(13-32)16-3-2-15(24)10-18(16)30/h2-5,10-13H,6-9H2,1H3,(H,25,26,27). The summed E-state index contributed by atoms with van der Waals surface area (Å²) in [5.41, 5.74) is 0.805. The van der Waals surface area contributed by atoms with Gasteiger partial charge in [0.25, 0.3) is 0 Å². The maximum atomic E-state index is 13.9. The minimum Gasteiger partial charge on any atom is -0.479 e. The van der Waals surface area contributed by atoms with Crippen LogP contribution >= 0.6 is 0 Å². The van der Waals surface area contributed by atoms with E-state index in [1.54, 1.807) is 21.7 Å². The Bertz CT molecular complexity index is 1470. The normalized spacial score (nSPS) is 13.6. The summed E-state index contributed by atoms with van der Waals surface area (Å²) in [6, 6.07) is 7.01. The predicted molar refractivity (Wildman–Crippen MR) is 128 cm³/mol. The van der Waals surface area contributed by atoms with Crippen molar-refractivity contribution in [3.63, 3.8) is 0 Å². The highest BCUT2D eigenvalue weighted by Crippen LogP contribution is 2.36. The van der Waals surface area contributed by atoms with Gasteiger partial charge in [-0.3, -0.25) is 14.9 Å². The summed E-state index contributed by atoms with van der Waals surface area (Å²) in [7, 11) is 1.40. The summed E-state index contributed by atoms with van der Waals surface area (Å²) >= 11 is 0. The Morgan fingerprint density at radius 3 is 2.75 bits per heavy atom. The fraction of sp³-hybridized carbons (Fsp3) is 0.217. The first kappa shape index (κ1) is 23.1. The van der Waals surface area contributed by atoms with E-state index in [9.17, 15) is 19.3 Å². The molecule has 1 N–H and O–H groups in total. The summed E-state index contributed by atoms with van der Waals surface area (Å²) in [4.78, 5) is 37.6. The number of morpholine rings is 1. The number of carbonyl (C=O) groups excluding carboxylic acids is 1. The van der Waals surface area contributed by atoms with Crippen LogP contribution in [0.2, 0.25) is 0 Å². The van der Waals surface area contributed by atoms with E-state index in [0.717, 1.165) is 0 Å². The number of halogens is 1. The molecule has 1 fully saturated rings. The lowest BCUT2D eigenvalue weighted by atomic mass is 10.2. The number of nitrogens with one attached hydrogen (secondary N) is 1. The zero-order valence-electron chi connectivity index (χ0n) is 19.0. The molecule has 184 valence electrons. The highest BCUT2D eigenvalue weighted by molar-refractivity contribution is 5.98. The first-order chi connectivity index (χ1) is 17.5. The summed E-state index contributed by atoms with van der Waals surface area (Å²) in [5.74, 6) is 0.278. The van der Waals surface area contributed by atoms with Crippen molar-refractivity contribution in [3.8, 4) is 11.7 Å². The quantitative estimate of drug-likeness (QED) is 0.232. The van der Waals surface area contributed by atoms with Crippen molar-refractivity contribution >= 4 is 40.3 Å². The van der Waals surface area contributed by atoms with Crippen molar-refractivity contribution in [2.45, 2.75) is 0 Å². The van der Waals surface area contributed by atoms with Gasteiger partial charge in [0.05, 0.1) is 30.8 Å². The average Bonchev–Trinajstić information content (AvgIpc) is 3.27. The van der Waals surface area contributed by atoms with Crippen LogP contribution in [0.3, 0.4) is 0 Å². The summed E-state index contributed by atoms with van der Waals surface area (Å²) in [6.07, 6.45) is 3.70. The van der Waals surface area contributed by atoms with Crippen molar-refractivity contribution in [3.05, 3.63) is 64.2 Å². The van der Waals surface area contributed by atoms with Gasteiger partial charge in [-0.2, -0.15) is 9.97 Å². The molecule has 1 aliphatic rings. The topological polar surface area (TPSA) is 138 Å². The molecule has 13 heteroatoms. The number of aldehydes is 1. The van der Waals surface area contributed by atoms with Gasteiger partial charge in [-0.25, -0.2) is 9.37 Å². The van der Waals surface area contributed by atoms with Crippen LogP contribution in [0.15, 0.2) is 42.7 Å². The lowest BCUT2D eigenvalue weighted by Crippen LogP contribution is -2.37. The van der Waals surface area contributed by atoms with E-state index in [1.807, 2.05) is 0 Å². The number of hydrogen-bond donors (Lipinski definition) is 1. The Morgan fingerprint density at radius 2 is 2.03 bits per heavy atom. The maximum Gasteiger partial charge on any atom is 0.313 e. The smallest absolute Gasteiger partial charge is 0.313 e. The number of rotatable bonds is 7. The molecule has 1 aromatic carbocycles. The van der Waals surface area contributed by atoms with E-state index in [-0.39, 0.29) is 29.0 Å². The Balaban J connectivity index is 1.53. The largest absolute Gasteiger partial charge is 0.479 e. The number of benzene rings is 1. The van der Waals surface area contributed by atoms with Crippen LogP contribution in [-0.4, -0.2) is 64.1 Å². The van der Waals surface area contributed by atoms with Crippen molar-refractivity contribution < 1.29 is 23.6 Å². The van der Waals surface area contributed by atoms with E-state index in [4.69, 9.17) is 9.47 Å². The number of nitro groups is 1. The number of aromatic nitrogens is 4. The number of pyridine rings is 1. The van der Waals surface area contributed by atoms with Gasteiger partial charge in [-0.1, -0.05) is 0 Å². The molecule has 0 atom stereocenters. The van der Waals surface area contributed by atoms with E-state index in [0.29, 0.717) is 54.9 Å². The fourth-order valence-corrected chi connectivity index (χ4v) is 4.04. The third-order valence-corrected chi connectivity index (χ3v) is 5.71. The van der Waals surface area contributed by atoms with Crippen LogP contribution < -0.4 is 15.0 Å². The van der Waals surface area contributed by atoms with E-state index >= 15 is 0 Å². The molecule has 0 bridgehead atoms. The van der Waals surface area contributed by atoms with Crippen LogP contribution in [0.5, 0.6) is 5.88 Å². The molecule has 0 radical (unpaired) electrons. The van der Waals surface area contributed by atoms with Crippen LogP contribution in [0.25, 0.3) is 16.7 Å². The molecular weight excluding hydrogens is 473 g/mol. The predicted octanol–water partition coefficient (Wildman–Crippen LogP) is 3.26. The third-order valence-electron chi connectivity index (χ3n) is 5.71. The van der Waals surface area contributed by atoms with Gasteiger partial charge < -0.3 is 24.3 Å². The van der Waals surface area contributed by atoms with Crippen LogP contribution in [0.4, 0.5) is 27.5 Å². The van der Waals surface area contributed by atoms with E-state index in [1.165, 1.54) is 37.6 Å². The molecule has 0 unspecified atom stereocenters. The van der Waals surface area contributed by atoms with Crippen molar-refractivity contribution in [1.29, 1.82) is 0 Å². The Kier molecular flexibility index (Phi) is 6.12. The van der Waals surface area contributed by atoms with Gasteiger partial charge in [-0.05, 0) is 24.3 Å². The number of fused-ring (bicyclic) bond motifs is 1. The number of carbonyl (C=O) groups is 1. The summed E-state index contributed by atoms with van der Waals surface area (Å²) in [5, 5.41) is 15.3. The second-order valence-corrected chi connectivity index (χ2v) is 7.84. The van der Waals surface area contributed by atoms with Crippen LogP contribution in [0, 0.1) is 15.9 Å². The van der Waals surface area contributed by atoms with Crippen LogP contribution in [0.1, 0.15) is 10.4 Å². The molecule has 12 nitrogen and oxygen atoms in total. The molecule has 1 aliphatic heterocycles. The molecule has 0 aliphatic carbocycles. The lowest BCUT2D eigenvalue weighted by molar-refractivity contribution is -0.384. The molecule has 4 heterocycles. The van der Waals surface area contributed by atoms with Gasteiger partial charge in [0.2, 0.25) is 17.6 Å². The molecule has 1 saturated heterocycles.